The van der Waals surface area contributed by atoms with Crippen LogP contribution < -0.4 is 10.0 Å². The highest BCUT2D eigenvalue weighted by Gasteiger charge is 2.27. The first-order chi connectivity index (χ1) is 10.3. The molecule has 0 fully saturated rings. The van der Waals surface area contributed by atoms with E-state index in [2.05, 4.69) is 15.9 Å². The lowest BCUT2D eigenvalue weighted by atomic mass is 10.3. The topological polar surface area (TPSA) is 80.5 Å². The fourth-order valence-electron chi connectivity index (χ4n) is 1.83. The number of rotatable bonds is 5. The maximum atomic E-state index is 12.8. The molecule has 0 spiro atoms. The van der Waals surface area contributed by atoms with E-state index in [1.807, 2.05) is 0 Å². The third-order valence-electron chi connectivity index (χ3n) is 2.82. The SMILES string of the molecule is NC(=O)CN(c1ccccc1Br)S(=O)(=O)c1ccc(Cl)cc1. The Labute approximate surface area is 141 Å². The van der Waals surface area contributed by atoms with Gasteiger partial charge in [-0.05, 0) is 52.3 Å². The largest absolute Gasteiger partial charge is 0.368 e. The van der Waals surface area contributed by atoms with Crippen molar-refractivity contribution in [3.05, 3.63) is 58.0 Å². The van der Waals surface area contributed by atoms with Crippen LogP contribution in [0, 0.1) is 0 Å². The molecule has 116 valence electrons. The Morgan fingerprint density at radius 1 is 1.14 bits per heavy atom. The summed E-state index contributed by atoms with van der Waals surface area (Å²) in [5.41, 5.74) is 5.53. The fourth-order valence-corrected chi connectivity index (χ4v) is 4.02. The summed E-state index contributed by atoms with van der Waals surface area (Å²) in [6, 6.07) is 12.4. The molecular weight excluding hydrogens is 392 g/mol. The predicted octanol–water partition coefficient (Wildman–Crippen LogP) is 2.78. The molecule has 5 nitrogen and oxygen atoms in total. The van der Waals surface area contributed by atoms with Gasteiger partial charge in [-0.1, -0.05) is 23.7 Å². The van der Waals surface area contributed by atoms with Crippen LogP contribution in [0.5, 0.6) is 0 Å². The fraction of sp³-hybridized carbons (Fsp3) is 0.0714. The van der Waals surface area contributed by atoms with Gasteiger partial charge in [-0.3, -0.25) is 9.10 Å². The lowest BCUT2D eigenvalue weighted by molar-refractivity contribution is -0.116. The van der Waals surface area contributed by atoms with Crippen molar-refractivity contribution in [1.82, 2.24) is 0 Å². The quantitative estimate of drug-likeness (QED) is 0.833. The highest BCUT2D eigenvalue weighted by Crippen LogP contribution is 2.30. The van der Waals surface area contributed by atoms with E-state index in [-0.39, 0.29) is 4.90 Å². The van der Waals surface area contributed by atoms with E-state index in [0.29, 0.717) is 15.2 Å². The average Bonchev–Trinajstić information content (AvgIpc) is 2.46. The van der Waals surface area contributed by atoms with Crippen molar-refractivity contribution in [2.75, 3.05) is 10.8 Å². The lowest BCUT2D eigenvalue weighted by Gasteiger charge is -2.24. The number of hydrogen-bond donors (Lipinski definition) is 1. The number of sulfonamides is 1. The highest BCUT2D eigenvalue weighted by atomic mass is 79.9. The van der Waals surface area contributed by atoms with E-state index in [1.165, 1.54) is 24.3 Å². The number of primary amides is 1. The van der Waals surface area contributed by atoms with Crippen molar-refractivity contribution >= 4 is 49.1 Å². The number of carbonyl (C=O) groups excluding carboxylic acids is 1. The Morgan fingerprint density at radius 2 is 1.73 bits per heavy atom. The molecule has 0 bridgehead atoms. The number of para-hydroxylation sites is 1. The summed E-state index contributed by atoms with van der Waals surface area (Å²) in [5.74, 6) is -0.756. The van der Waals surface area contributed by atoms with Gasteiger partial charge in [0.25, 0.3) is 10.0 Å². The zero-order valence-corrected chi connectivity index (χ0v) is 14.4. The van der Waals surface area contributed by atoms with Crippen molar-refractivity contribution in [1.29, 1.82) is 0 Å². The molecule has 2 aromatic carbocycles. The summed E-state index contributed by atoms with van der Waals surface area (Å²) in [6.07, 6.45) is 0. The number of nitrogens with zero attached hydrogens (tertiary/aromatic N) is 1. The Morgan fingerprint density at radius 3 is 2.27 bits per heavy atom. The lowest BCUT2D eigenvalue weighted by Crippen LogP contribution is -2.38. The molecule has 22 heavy (non-hydrogen) atoms. The summed E-state index contributed by atoms with van der Waals surface area (Å²) in [4.78, 5) is 11.3. The van der Waals surface area contributed by atoms with Crippen molar-refractivity contribution in [3.8, 4) is 0 Å². The molecule has 8 heteroatoms. The van der Waals surface area contributed by atoms with Crippen molar-refractivity contribution < 1.29 is 13.2 Å². The number of nitrogens with two attached hydrogens (primary N) is 1. The average molecular weight is 404 g/mol. The molecule has 1 amide bonds. The van der Waals surface area contributed by atoms with Crippen LogP contribution in [-0.2, 0) is 14.8 Å². The molecule has 2 aromatic rings. The van der Waals surface area contributed by atoms with Gasteiger partial charge in [0.05, 0.1) is 10.6 Å². The normalized spacial score (nSPS) is 11.2. The van der Waals surface area contributed by atoms with E-state index in [9.17, 15) is 13.2 Å². The van der Waals surface area contributed by atoms with Gasteiger partial charge in [0.1, 0.15) is 6.54 Å². The maximum absolute atomic E-state index is 12.8. The molecule has 0 saturated carbocycles. The van der Waals surface area contributed by atoms with Crippen molar-refractivity contribution in [2.45, 2.75) is 4.90 Å². The molecule has 0 heterocycles. The molecule has 0 aliphatic heterocycles. The molecule has 0 unspecified atom stereocenters. The number of halogens is 2. The van der Waals surface area contributed by atoms with Gasteiger partial charge < -0.3 is 5.73 Å². The molecule has 0 aliphatic carbocycles. The molecule has 0 radical (unpaired) electrons. The van der Waals surface area contributed by atoms with Gasteiger partial charge in [0.2, 0.25) is 5.91 Å². The van der Waals surface area contributed by atoms with Crippen molar-refractivity contribution in [3.63, 3.8) is 0 Å². The molecule has 0 aromatic heterocycles. The Kier molecular flexibility index (Phi) is 5.10. The minimum absolute atomic E-state index is 0.0221. The number of benzene rings is 2. The predicted molar refractivity (Wildman–Crippen MR) is 89.3 cm³/mol. The van der Waals surface area contributed by atoms with E-state index in [1.54, 1.807) is 24.3 Å². The summed E-state index contributed by atoms with van der Waals surface area (Å²) >= 11 is 9.06. The number of amides is 1. The summed E-state index contributed by atoms with van der Waals surface area (Å²) in [5, 5.41) is 0.418. The van der Waals surface area contributed by atoms with Gasteiger partial charge in [-0.25, -0.2) is 8.42 Å². The minimum Gasteiger partial charge on any atom is -0.368 e. The van der Waals surface area contributed by atoms with Gasteiger partial charge in [-0.2, -0.15) is 0 Å². The van der Waals surface area contributed by atoms with Crippen LogP contribution in [0.3, 0.4) is 0 Å². The first kappa shape index (κ1) is 16.8. The van der Waals surface area contributed by atoms with Crippen LogP contribution in [0.4, 0.5) is 5.69 Å². The second kappa shape index (κ2) is 6.68. The molecular formula is C14H12BrClN2O3S. The smallest absolute Gasteiger partial charge is 0.264 e. The Bertz CT molecular complexity index is 794. The summed E-state index contributed by atoms with van der Waals surface area (Å²) in [7, 11) is -3.94. The maximum Gasteiger partial charge on any atom is 0.264 e. The first-order valence-corrected chi connectivity index (χ1v) is 8.74. The van der Waals surface area contributed by atoms with Crippen LogP contribution >= 0.6 is 27.5 Å². The number of carbonyl (C=O) groups is 1. The zero-order chi connectivity index (χ0) is 16.3. The zero-order valence-electron chi connectivity index (χ0n) is 11.2. The molecule has 2 N–H and O–H groups in total. The van der Waals surface area contributed by atoms with E-state index in [0.717, 1.165) is 4.31 Å². The van der Waals surface area contributed by atoms with E-state index < -0.39 is 22.5 Å². The Balaban J connectivity index is 2.56. The van der Waals surface area contributed by atoms with E-state index >= 15 is 0 Å². The van der Waals surface area contributed by atoms with Crippen LogP contribution in [-0.4, -0.2) is 20.9 Å². The van der Waals surface area contributed by atoms with Gasteiger partial charge in [-0.15, -0.1) is 0 Å². The Hall–Kier alpha value is -1.57. The van der Waals surface area contributed by atoms with Crippen LogP contribution in [0.25, 0.3) is 0 Å². The monoisotopic (exact) mass is 402 g/mol. The van der Waals surface area contributed by atoms with E-state index in [4.69, 9.17) is 17.3 Å². The van der Waals surface area contributed by atoms with Gasteiger partial charge in [0, 0.05) is 9.50 Å². The molecule has 2 rings (SSSR count). The second-order valence-corrected chi connectivity index (χ2v) is 7.54. The molecule has 0 saturated heterocycles. The molecule has 0 atom stereocenters. The van der Waals surface area contributed by atoms with Crippen molar-refractivity contribution in [2.24, 2.45) is 5.73 Å². The summed E-state index contributed by atoms with van der Waals surface area (Å²) < 4.78 is 27.1. The highest BCUT2D eigenvalue weighted by molar-refractivity contribution is 9.10. The number of hydrogen-bond acceptors (Lipinski definition) is 3. The van der Waals surface area contributed by atoms with Crippen LogP contribution in [0.2, 0.25) is 5.02 Å². The number of anilines is 1. The van der Waals surface area contributed by atoms with Crippen LogP contribution in [0.1, 0.15) is 0 Å². The van der Waals surface area contributed by atoms with Crippen LogP contribution in [0.15, 0.2) is 57.9 Å². The molecule has 0 aliphatic rings. The third-order valence-corrected chi connectivity index (χ3v) is 5.52. The van der Waals surface area contributed by atoms with Gasteiger partial charge in [0.15, 0.2) is 0 Å². The first-order valence-electron chi connectivity index (χ1n) is 6.13. The standard InChI is InChI=1S/C14H12BrClN2O3S/c15-12-3-1-2-4-13(12)18(9-14(17)19)22(20,21)11-7-5-10(16)6-8-11/h1-8H,9H2,(H2,17,19). The minimum atomic E-state index is -3.94. The van der Waals surface area contributed by atoms with Gasteiger partial charge >= 0.3 is 0 Å². The summed E-state index contributed by atoms with van der Waals surface area (Å²) in [6.45, 7) is -0.465. The second-order valence-electron chi connectivity index (χ2n) is 4.38. The third kappa shape index (κ3) is 3.60.